The molecule has 1 aliphatic rings. The summed E-state index contributed by atoms with van der Waals surface area (Å²) in [5.41, 5.74) is 0.752. The quantitative estimate of drug-likeness (QED) is 0.791. The molecule has 1 aliphatic heterocycles. The first kappa shape index (κ1) is 19.1. The average molecular weight is 398 g/mol. The summed E-state index contributed by atoms with van der Waals surface area (Å²) in [7, 11) is 1.51. The molecule has 0 radical (unpaired) electrons. The number of ether oxygens (including phenoxy) is 2. The summed E-state index contributed by atoms with van der Waals surface area (Å²) in [6.07, 6.45) is -6.66. The number of carboxylic acids is 1. The Morgan fingerprint density at radius 3 is 2.52 bits per heavy atom. The molecule has 1 unspecified atom stereocenters. The minimum atomic E-state index is -4.92. The Kier molecular flexibility index (Phi) is 4.82. The Balaban J connectivity index is 2.21. The molecule has 0 bridgehead atoms. The summed E-state index contributed by atoms with van der Waals surface area (Å²) in [6, 6.07) is 7.85. The Bertz CT molecular complexity index is 951. The van der Waals surface area contributed by atoms with Crippen LogP contribution in [0, 0.1) is 6.92 Å². The molecule has 0 aromatic heterocycles. The van der Waals surface area contributed by atoms with Crippen LogP contribution in [0.4, 0.5) is 13.2 Å². The topological polar surface area (TPSA) is 58.6 Å². The molecule has 0 N–H and O–H groups in total. The Labute approximate surface area is 157 Å². The molecule has 0 saturated carbocycles. The number of methoxy groups -OCH3 is 1. The van der Waals surface area contributed by atoms with Gasteiger partial charge in [0.05, 0.1) is 13.1 Å². The van der Waals surface area contributed by atoms with E-state index in [-0.39, 0.29) is 16.3 Å². The zero-order valence-corrected chi connectivity index (χ0v) is 14.9. The van der Waals surface area contributed by atoms with Gasteiger partial charge in [-0.2, -0.15) is 13.2 Å². The van der Waals surface area contributed by atoms with Crippen LogP contribution in [0.3, 0.4) is 0 Å². The molecule has 142 valence electrons. The maximum atomic E-state index is 13.3. The SMILES string of the molecule is COc1ccc(-c2cc(Cl)cc3c2OC(C(F)(F)F)C(C(=O)[O-])=C3)cc1C. The number of fused-ring (bicyclic) bond motifs is 1. The van der Waals surface area contributed by atoms with Gasteiger partial charge in [-0.3, -0.25) is 0 Å². The standard InChI is InChI=1S/C19H14ClF3O4/c1-9-5-10(3-4-15(9)26-2)13-8-12(20)6-11-7-14(18(24)25)17(19(21,22)23)27-16(11)13/h3-8,17H,1-2H3,(H,24,25)/p-1. The van der Waals surface area contributed by atoms with Crippen molar-refractivity contribution in [2.45, 2.75) is 19.2 Å². The zero-order chi connectivity index (χ0) is 19.9. The van der Waals surface area contributed by atoms with Crippen molar-refractivity contribution in [3.05, 3.63) is 52.1 Å². The Hall–Kier alpha value is -2.67. The lowest BCUT2D eigenvalue weighted by Crippen LogP contribution is -2.44. The van der Waals surface area contributed by atoms with Gasteiger partial charge in [-0.1, -0.05) is 17.7 Å². The highest BCUT2D eigenvalue weighted by atomic mass is 35.5. The number of carbonyl (C=O) groups is 1. The van der Waals surface area contributed by atoms with Gasteiger partial charge in [-0.05, 0) is 48.4 Å². The van der Waals surface area contributed by atoms with Crippen LogP contribution in [0.2, 0.25) is 5.02 Å². The second-order valence-electron chi connectivity index (χ2n) is 5.98. The van der Waals surface area contributed by atoms with Gasteiger partial charge in [-0.25, -0.2) is 0 Å². The predicted octanol–water partition coefficient (Wildman–Crippen LogP) is 3.78. The number of hydrogen-bond acceptors (Lipinski definition) is 4. The van der Waals surface area contributed by atoms with Gasteiger partial charge in [-0.15, -0.1) is 0 Å². The summed E-state index contributed by atoms with van der Waals surface area (Å²) < 4.78 is 50.3. The van der Waals surface area contributed by atoms with Crippen molar-refractivity contribution < 1.29 is 32.5 Å². The maximum absolute atomic E-state index is 13.3. The van der Waals surface area contributed by atoms with Crippen LogP contribution < -0.4 is 14.6 Å². The third-order valence-corrected chi connectivity index (χ3v) is 4.37. The summed E-state index contributed by atoms with van der Waals surface area (Å²) >= 11 is 6.09. The van der Waals surface area contributed by atoms with Crippen LogP contribution >= 0.6 is 11.6 Å². The van der Waals surface area contributed by atoms with Gasteiger partial charge >= 0.3 is 6.18 Å². The van der Waals surface area contributed by atoms with Crippen LogP contribution in [-0.2, 0) is 4.79 Å². The fourth-order valence-electron chi connectivity index (χ4n) is 2.95. The largest absolute Gasteiger partial charge is 0.545 e. The highest BCUT2D eigenvalue weighted by Gasteiger charge is 2.47. The lowest BCUT2D eigenvalue weighted by atomic mass is 9.95. The van der Waals surface area contributed by atoms with Gasteiger partial charge in [0.25, 0.3) is 0 Å². The molecule has 27 heavy (non-hydrogen) atoms. The lowest BCUT2D eigenvalue weighted by Gasteiger charge is -2.30. The number of hydrogen-bond donors (Lipinski definition) is 0. The monoisotopic (exact) mass is 397 g/mol. The Morgan fingerprint density at radius 2 is 1.96 bits per heavy atom. The number of carboxylic acid groups (broad SMARTS) is 1. The highest BCUT2D eigenvalue weighted by molar-refractivity contribution is 6.31. The normalized spacial score (nSPS) is 16.2. The van der Waals surface area contributed by atoms with Crippen LogP contribution in [-0.4, -0.2) is 25.4 Å². The van der Waals surface area contributed by atoms with Crippen molar-refractivity contribution in [1.29, 1.82) is 0 Å². The fourth-order valence-corrected chi connectivity index (χ4v) is 3.17. The molecule has 1 atom stereocenters. The molecule has 1 heterocycles. The molecule has 0 amide bonds. The number of rotatable bonds is 3. The van der Waals surface area contributed by atoms with E-state index in [2.05, 4.69) is 0 Å². The molecule has 0 fully saturated rings. The summed E-state index contributed by atoms with van der Waals surface area (Å²) in [5.74, 6) is -1.44. The molecule has 8 heteroatoms. The second kappa shape index (κ2) is 6.81. The van der Waals surface area contributed by atoms with Crippen LogP contribution in [0.1, 0.15) is 11.1 Å². The molecular formula is C19H13ClF3O4-. The lowest BCUT2D eigenvalue weighted by molar-refractivity contribution is -0.302. The van der Waals surface area contributed by atoms with Crippen LogP contribution in [0.25, 0.3) is 17.2 Å². The molecule has 3 rings (SSSR count). The van der Waals surface area contributed by atoms with Gasteiger partial charge in [0.1, 0.15) is 11.5 Å². The average Bonchev–Trinajstić information content (AvgIpc) is 2.58. The molecule has 0 saturated heterocycles. The molecular weight excluding hydrogens is 385 g/mol. The van der Waals surface area contributed by atoms with Crippen molar-refractivity contribution >= 4 is 23.6 Å². The van der Waals surface area contributed by atoms with E-state index in [9.17, 15) is 23.1 Å². The van der Waals surface area contributed by atoms with Gasteiger partial charge in [0.2, 0.25) is 6.10 Å². The minimum Gasteiger partial charge on any atom is -0.545 e. The van der Waals surface area contributed by atoms with Crippen molar-refractivity contribution in [2.75, 3.05) is 7.11 Å². The van der Waals surface area contributed by atoms with Gasteiger partial charge in [0.15, 0.2) is 0 Å². The molecule has 2 aromatic rings. The third-order valence-electron chi connectivity index (χ3n) is 4.15. The molecule has 2 aromatic carbocycles. The first-order chi connectivity index (χ1) is 12.6. The number of aryl methyl sites for hydroxylation is 1. The number of halogens is 4. The van der Waals surface area contributed by atoms with Crippen molar-refractivity contribution in [1.82, 2.24) is 0 Å². The minimum absolute atomic E-state index is 0.101. The van der Waals surface area contributed by atoms with Crippen LogP contribution in [0.15, 0.2) is 35.9 Å². The second-order valence-corrected chi connectivity index (χ2v) is 6.42. The number of alkyl halides is 3. The van der Waals surface area contributed by atoms with E-state index in [0.29, 0.717) is 16.9 Å². The van der Waals surface area contributed by atoms with E-state index in [1.165, 1.54) is 19.2 Å². The molecule has 4 nitrogen and oxygen atoms in total. The zero-order valence-electron chi connectivity index (χ0n) is 14.2. The van der Waals surface area contributed by atoms with E-state index in [0.717, 1.165) is 11.6 Å². The van der Waals surface area contributed by atoms with E-state index < -0.39 is 23.8 Å². The first-order valence-electron chi connectivity index (χ1n) is 7.76. The van der Waals surface area contributed by atoms with E-state index >= 15 is 0 Å². The van der Waals surface area contributed by atoms with Crippen molar-refractivity contribution in [2.24, 2.45) is 0 Å². The summed E-state index contributed by atoms with van der Waals surface area (Å²) in [6.45, 7) is 1.78. The third kappa shape index (κ3) is 3.60. The summed E-state index contributed by atoms with van der Waals surface area (Å²) in [4.78, 5) is 11.2. The highest BCUT2D eigenvalue weighted by Crippen LogP contribution is 2.44. The van der Waals surface area contributed by atoms with Crippen molar-refractivity contribution in [3.63, 3.8) is 0 Å². The number of carbonyl (C=O) groups excluding carboxylic acids is 1. The van der Waals surface area contributed by atoms with Gasteiger partial charge < -0.3 is 19.4 Å². The fraction of sp³-hybridized carbons (Fsp3) is 0.211. The Morgan fingerprint density at radius 1 is 1.26 bits per heavy atom. The van der Waals surface area contributed by atoms with E-state index in [4.69, 9.17) is 21.1 Å². The van der Waals surface area contributed by atoms with Gasteiger partial charge in [0, 0.05) is 21.7 Å². The van der Waals surface area contributed by atoms with E-state index in [1.807, 2.05) is 0 Å². The van der Waals surface area contributed by atoms with E-state index in [1.54, 1.807) is 25.1 Å². The first-order valence-corrected chi connectivity index (χ1v) is 8.14. The maximum Gasteiger partial charge on any atom is 0.429 e. The van der Waals surface area contributed by atoms with Crippen LogP contribution in [0.5, 0.6) is 11.5 Å². The summed E-state index contributed by atoms with van der Waals surface area (Å²) in [5, 5.41) is 11.4. The van der Waals surface area contributed by atoms with Crippen molar-refractivity contribution in [3.8, 4) is 22.6 Å². The molecule has 0 spiro atoms. The number of aliphatic carboxylic acids is 1. The smallest absolute Gasteiger partial charge is 0.429 e. The predicted molar refractivity (Wildman–Crippen MR) is 91.6 cm³/mol. The number of benzene rings is 2. The molecule has 0 aliphatic carbocycles.